The van der Waals surface area contributed by atoms with Crippen molar-refractivity contribution >= 4 is 34.9 Å². The Morgan fingerprint density at radius 3 is 2.89 bits per heavy atom. The van der Waals surface area contributed by atoms with Gasteiger partial charge in [0.25, 0.3) is 0 Å². The molecule has 0 aliphatic heterocycles. The molecule has 6 heteroatoms. The van der Waals surface area contributed by atoms with Crippen molar-refractivity contribution in [3.8, 4) is 0 Å². The molecule has 0 atom stereocenters. The molecule has 0 spiro atoms. The Hall–Kier alpha value is -1.59. The van der Waals surface area contributed by atoms with Crippen LogP contribution in [-0.2, 0) is 6.54 Å². The Bertz CT molecular complexity index is 796. The summed E-state index contributed by atoms with van der Waals surface area (Å²) in [7, 11) is 0. The molecule has 2 aromatic heterocycles. The molecule has 19 heavy (non-hydrogen) atoms. The van der Waals surface area contributed by atoms with Crippen molar-refractivity contribution in [2.75, 3.05) is 0 Å². The van der Waals surface area contributed by atoms with Crippen molar-refractivity contribution in [3.05, 3.63) is 45.3 Å². The van der Waals surface area contributed by atoms with E-state index in [0.717, 1.165) is 22.5 Å². The molecule has 0 fully saturated rings. The molecule has 0 aliphatic rings. The number of oxazole rings is 1. The number of aryl methyl sites for hydroxylation is 2. The van der Waals surface area contributed by atoms with E-state index in [9.17, 15) is 0 Å². The lowest BCUT2D eigenvalue weighted by atomic mass is 10.3. The van der Waals surface area contributed by atoms with E-state index in [-0.39, 0.29) is 0 Å². The first kappa shape index (κ1) is 12.4. The molecule has 1 N–H and O–H groups in total. The van der Waals surface area contributed by atoms with Gasteiger partial charge >= 0.3 is 0 Å². The molecule has 1 aromatic carbocycles. The number of nitrogens with zero attached hydrogens (tertiary/aromatic N) is 2. The smallest absolute Gasteiger partial charge is 0.214 e. The van der Waals surface area contributed by atoms with Gasteiger partial charge in [-0.25, -0.2) is 4.98 Å². The quantitative estimate of drug-likeness (QED) is 0.726. The van der Waals surface area contributed by atoms with Gasteiger partial charge in [-0.05, 0) is 44.3 Å². The molecule has 3 rings (SSSR count). The van der Waals surface area contributed by atoms with Crippen LogP contribution in [0.2, 0.25) is 5.02 Å². The van der Waals surface area contributed by atoms with Gasteiger partial charge in [0.15, 0.2) is 4.77 Å². The number of hydrogen-bond acceptors (Lipinski definition) is 3. The molecule has 0 unspecified atom stereocenters. The maximum atomic E-state index is 5.97. The van der Waals surface area contributed by atoms with Crippen molar-refractivity contribution in [3.63, 3.8) is 0 Å². The van der Waals surface area contributed by atoms with E-state index in [2.05, 4.69) is 9.97 Å². The molecule has 0 aliphatic carbocycles. The number of hydrogen-bond donors (Lipinski definition) is 1. The van der Waals surface area contributed by atoms with Crippen LogP contribution in [-0.4, -0.2) is 14.5 Å². The second-order valence-electron chi connectivity index (χ2n) is 4.43. The third-order valence-electron chi connectivity index (χ3n) is 3.10. The number of aromatic nitrogens is 3. The van der Waals surface area contributed by atoms with Crippen molar-refractivity contribution in [2.45, 2.75) is 20.4 Å². The van der Waals surface area contributed by atoms with Gasteiger partial charge in [0, 0.05) is 5.02 Å². The first-order valence-corrected chi connectivity index (χ1v) is 6.64. The van der Waals surface area contributed by atoms with Crippen LogP contribution in [0.25, 0.3) is 11.0 Å². The minimum absolute atomic E-state index is 0.509. The molecule has 0 saturated carbocycles. The van der Waals surface area contributed by atoms with Gasteiger partial charge in [0.2, 0.25) is 5.89 Å². The fourth-order valence-electron chi connectivity index (χ4n) is 2.03. The number of benzene rings is 1. The van der Waals surface area contributed by atoms with Crippen molar-refractivity contribution in [1.29, 1.82) is 0 Å². The van der Waals surface area contributed by atoms with Gasteiger partial charge in [0.1, 0.15) is 12.3 Å². The van der Waals surface area contributed by atoms with E-state index < -0.39 is 0 Å². The number of H-pyrrole nitrogens is 1. The van der Waals surface area contributed by atoms with Crippen LogP contribution in [0.4, 0.5) is 0 Å². The summed E-state index contributed by atoms with van der Waals surface area (Å²) in [6.07, 6.45) is 0. The summed E-state index contributed by atoms with van der Waals surface area (Å²) in [5, 5.41) is 0.679. The van der Waals surface area contributed by atoms with Crippen LogP contribution >= 0.6 is 23.8 Å². The molecule has 0 bridgehead atoms. The number of halogens is 1. The van der Waals surface area contributed by atoms with E-state index in [4.69, 9.17) is 28.2 Å². The van der Waals surface area contributed by atoms with Gasteiger partial charge in [-0.15, -0.1) is 0 Å². The lowest BCUT2D eigenvalue weighted by Crippen LogP contribution is -1.99. The molecule has 3 aromatic rings. The Balaban J connectivity index is 2.10. The summed E-state index contributed by atoms with van der Waals surface area (Å²) in [6, 6.07) is 5.64. The second-order valence-corrected chi connectivity index (χ2v) is 5.25. The molecular weight excluding hydrogens is 282 g/mol. The Morgan fingerprint density at radius 2 is 2.21 bits per heavy atom. The third-order valence-corrected chi connectivity index (χ3v) is 3.66. The van der Waals surface area contributed by atoms with E-state index in [1.54, 1.807) is 0 Å². The van der Waals surface area contributed by atoms with Crippen LogP contribution in [0.3, 0.4) is 0 Å². The van der Waals surface area contributed by atoms with Gasteiger partial charge in [0.05, 0.1) is 16.7 Å². The molecule has 98 valence electrons. The van der Waals surface area contributed by atoms with Gasteiger partial charge in [-0.1, -0.05) is 11.6 Å². The summed E-state index contributed by atoms with van der Waals surface area (Å²) in [4.78, 5) is 7.51. The Morgan fingerprint density at radius 1 is 1.42 bits per heavy atom. The molecule has 4 nitrogen and oxygen atoms in total. The number of imidazole rings is 1. The summed E-state index contributed by atoms with van der Waals surface area (Å²) < 4.78 is 8.18. The van der Waals surface area contributed by atoms with Crippen LogP contribution < -0.4 is 0 Å². The maximum Gasteiger partial charge on any atom is 0.214 e. The third kappa shape index (κ3) is 2.19. The van der Waals surface area contributed by atoms with Crippen LogP contribution in [0.1, 0.15) is 17.3 Å². The molecule has 0 amide bonds. The highest BCUT2D eigenvalue weighted by Gasteiger charge is 2.10. The zero-order chi connectivity index (χ0) is 13.6. The molecular formula is C13H12ClN3OS. The SMILES string of the molecule is Cc1nc(Cn2c(=S)[nH]c3cc(Cl)ccc32)oc1C. The van der Waals surface area contributed by atoms with E-state index >= 15 is 0 Å². The topological polar surface area (TPSA) is 46.8 Å². The standard InChI is InChI=1S/C13H12ClN3OS/c1-7-8(2)18-12(15-7)6-17-11-4-3-9(14)5-10(11)16-13(17)19/h3-5H,6H2,1-2H3,(H,16,19). The fourth-order valence-corrected chi connectivity index (χ4v) is 2.48. The molecule has 2 heterocycles. The Kier molecular flexibility index (Phi) is 2.95. The van der Waals surface area contributed by atoms with E-state index in [1.807, 2.05) is 36.6 Å². The van der Waals surface area contributed by atoms with Crippen molar-refractivity contribution < 1.29 is 4.42 Å². The lowest BCUT2D eigenvalue weighted by molar-refractivity contribution is 0.458. The number of nitrogens with one attached hydrogen (secondary N) is 1. The first-order chi connectivity index (χ1) is 9.04. The highest BCUT2D eigenvalue weighted by Crippen LogP contribution is 2.20. The van der Waals surface area contributed by atoms with Crippen LogP contribution in [0.15, 0.2) is 22.6 Å². The number of fused-ring (bicyclic) bond motifs is 1. The zero-order valence-electron chi connectivity index (χ0n) is 10.5. The normalized spacial score (nSPS) is 11.3. The zero-order valence-corrected chi connectivity index (χ0v) is 12.1. The highest BCUT2D eigenvalue weighted by atomic mass is 35.5. The van der Waals surface area contributed by atoms with Gasteiger partial charge < -0.3 is 14.0 Å². The second kappa shape index (κ2) is 4.51. The Labute approximate surface area is 120 Å². The predicted molar refractivity (Wildman–Crippen MR) is 77.2 cm³/mol. The van der Waals surface area contributed by atoms with E-state index in [0.29, 0.717) is 22.2 Å². The van der Waals surface area contributed by atoms with Gasteiger partial charge in [-0.3, -0.25) is 0 Å². The first-order valence-electron chi connectivity index (χ1n) is 5.85. The minimum Gasteiger partial charge on any atom is -0.444 e. The monoisotopic (exact) mass is 293 g/mol. The predicted octanol–water partition coefficient (Wildman–Crippen LogP) is 4.01. The minimum atomic E-state index is 0.509. The number of rotatable bonds is 2. The maximum absolute atomic E-state index is 5.97. The fraction of sp³-hybridized carbons (Fsp3) is 0.231. The average molecular weight is 294 g/mol. The van der Waals surface area contributed by atoms with Crippen molar-refractivity contribution in [1.82, 2.24) is 14.5 Å². The average Bonchev–Trinajstić information content (AvgIpc) is 2.81. The van der Waals surface area contributed by atoms with Crippen LogP contribution in [0.5, 0.6) is 0 Å². The highest BCUT2D eigenvalue weighted by molar-refractivity contribution is 7.71. The number of aromatic amines is 1. The van der Waals surface area contributed by atoms with E-state index in [1.165, 1.54) is 0 Å². The lowest BCUT2D eigenvalue weighted by Gasteiger charge is -2.00. The summed E-state index contributed by atoms with van der Waals surface area (Å²) in [6.45, 7) is 4.34. The molecule has 0 saturated heterocycles. The largest absolute Gasteiger partial charge is 0.444 e. The summed E-state index contributed by atoms with van der Waals surface area (Å²) in [5.41, 5.74) is 2.81. The summed E-state index contributed by atoms with van der Waals surface area (Å²) in [5.74, 6) is 1.49. The van der Waals surface area contributed by atoms with Crippen LogP contribution in [0, 0.1) is 18.6 Å². The molecule has 0 radical (unpaired) electrons. The summed E-state index contributed by atoms with van der Waals surface area (Å²) >= 11 is 11.3. The van der Waals surface area contributed by atoms with Crippen molar-refractivity contribution in [2.24, 2.45) is 0 Å². The van der Waals surface area contributed by atoms with Gasteiger partial charge in [-0.2, -0.15) is 0 Å².